The second-order valence-corrected chi connectivity index (χ2v) is 18.5. The summed E-state index contributed by atoms with van der Waals surface area (Å²) in [7, 11) is 0. The van der Waals surface area contributed by atoms with Crippen molar-refractivity contribution in [3.05, 3.63) is 53.6 Å². The maximum Gasteiger partial charge on any atom is 0.408 e. The minimum atomic E-state index is -1.33. The van der Waals surface area contributed by atoms with E-state index in [4.69, 9.17) is 14.5 Å². The van der Waals surface area contributed by atoms with Gasteiger partial charge in [0, 0.05) is 42.5 Å². The molecule has 13 nitrogen and oxygen atoms in total. The first-order valence-electron chi connectivity index (χ1n) is 20.9. The molecule has 7 atom stereocenters. The Labute approximate surface area is 347 Å². The Morgan fingerprint density at radius 3 is 2.07 bits per heavy atom. The number of carbonyl (C=O) groups is 4. The van der Waals surface area contributed by atoms with Gasteiger partial charge in [-0.1, -0.05) is 13.8 Å². The molecule has 4 amide bonds. The number of hydrogen-bond donors (Lipinski definition) is 3. The van der Waals surface area contributed by atoms with Gasteiger partial charge in [-0.3, -0.25) is 9.59 Å². The lowest BCUT2D eigenvalue weighted by atomic mass is 9.99. The van der Waals surface area contributed by atoms with Crippen molar-refractivity contribution in [3.63, 3.8) is 0 Å². The first kappa shape index (κ1) is 42.8. The Morgan fingerprint density at radius 2 is 1.45 bits per heavy atom. The Hall–Kier alpha value is -5.28. The van der Waals surface area contributed by atoms with Crippen LogP contribution in [0.15, 0.2) is 36.4 Å². The van der Waals surface area contributed by atoms with Crippen LogP contribution in [-0.4, -0.2) is 103 Å². The highest BCUT2D eigenvalue weighted by molar-refractivity contribution is 5.92. The topological polar surface area (TPSA) is 151 Å². The van der Waals surface area contributed by atoms with Crippen molar-refractivity contribution in [3.8, 4) is 11.5 Å². The summed E-state index contributed by atoms with van der Waals surface area (Å²) in [5.74, 6) is -0.757. The number of hydrogen-bond acceptors (Lipinski definition) is 7. The second kappa shape index (κ2) is 16.3. The van der Waals surface area contributed by atoms with Crippen LogP contribution < -0.4 is 10.6 Å². The number of alkyl halides is 1. The number of aromatic amines is 1. The van der Waals surface area contributed by atoms with Gasteiger partial charge in [-0.25, -0.2) is 27.7 Å². The highest BCUT2D eigenvalue weighted by Gasteiger charge is 2.55. The van der Waals surface area contributed by atoms with Crippen molar-refractivity contribution < 1.29 is 41.8 Å². The first-order chi connectivity index (χ1) is 28.2. The molecule has 16 heteroatoms. The molecule has 3 N–H and O–H groups in total. The van der Waals surface area contributed by atoms with E-state index in [1.54, 1.807) is 60.6 Å². The minimum Gasteiger partial charge on any atom is -0.444 e. The Kier molecular flexibility index (Phi) is 11.6. The summed E-state index contributed by atoms with van der Waals surface area (Å²) in [5, 5.41) is 6.05. The molecule has 2 aliphatic heterocycles. The van der Waals surface area contributed by atoms with Gasteiger partial charge in [0.1, 0.15) is 41.1 Å². The van der Waals surface area contributed by atoms with Crippen LogP contribution in [0.5, 0.6) is 0 Å². The molecule has 4 heterocycles. The SMILES string of the molecule is CC[C@H](NC(=O)OC(C)(C)C)C(=O)N1C[C@@H](F)C[C@H]1Cc1c(-c2nc3cc(F)ccc3n2C[C@@H]2[C@H]3C[C@H]3CN2C(=O)[C@H](CC)NC(=O)OC(C)(C)C)[nH]c2cc(F)ccc12. The standard InChI is InChI=1S/C44H56F3N7O6/c1-9-31(50-41(57)59-43(3,4)5)39(55)52-21-26(47)16-27(52)19-30-28-13-11-24(45)17-33(28)48-37(30)38-49-34-18-25(46)12-14-35(34)53(38)22-36-29-15-23(29)20-54(36)40(56)32(10-2)51-42(58)60-44(6,7)8/h11-14,17-18,23,26-27,29,31-32,36,48H,9-10,15-16,19-22H2,1-8H3,(H,50,57)(H,51,58)/t23-,26-,27-,29-,31-,32-,36+/m0/s1. The molecule has 60 heavy (non-hydrogen) atoms. The molecule has 0 unspecified atom stereocenters. The van der Waals surface area contributed by atoms with Crippen LogP contribution in [0.3, 0.4) is 0 Å². The molecule has 3 aliphatic rings. The smallest absolute Gasteiger partial charge is 0.408 e. The summed E-state index contributed by atoms with van der Waals surface area (Å²) in [6.45, 7) is 14.6. The summed E-state index contributed by atoms with van der Waals surface area (Å²) < 4.78 is 57.9. The summed E-state index contributed by atoms with van der Waals surface area (Å²) in [6.07, 6.45) is -1.06. The van der Waals surface area contributed by atoms with Gasteiger partial charge in [0.15, 0.2) is 5.82 Å². The molecule has 0 spiro atoms. The highest BCUT2D eigenvalue weighted by Crippen LogP contribution is 2.51. The Morgan fingerprint density at radius 1 is 0.850 bits per heavy atom. The number of halogens is 3. The highest BCUT2D eigenvalue weighted by atomic mass is 19.1. The van der Waals surface area contributed by atoms with Crippen LogP contribution in [0.25, 0.3) is 33.5 Å². The number of imidazole rings is 1. The molecule has 2 aromatic carbocycles. The molecule has 1 aliphatic carbocycles. The quantitative estimate of drug-likeness (QED) is 0.143. The number of benzene rings is 2. The molecule has 324 valence electrons. The van der Waals surface area contributed by atoms with Gasteiger partial charge in [0.2, 0.25) is 11.8 Å². The molecule has 0 radical (unpaired) electrons. The van der Waals surface area contributed by atoms with Crippen molar-refractivity contribution in [2.75, 3.05) is 13.1 Å². The number of fused-ring (bicyclic) bond motifs is 3. The number of nitrogens with one attached hydrogen (secondary N) is 3. The number of alkyl carbamates (subject to hydrolysis) is 2. The lowest BCUT2D eigenvalue weighted by Gasteiger charge is -2.32. The molecular weight excluding hydrogens is 780 g/mol. The van der Waals surface area contributed by atoms with Crippen molar-refractivity contribution >= 4 is 45.9 Å². The average molecular weight is 836 g/mol. The van der Waals surface area contributed by atoms with Gasteiger partial charge in [-0.05, 0) is 115 Å². The number of piperidine rings is 1. The largest absolute Gasteiger partial charge is 0.444 e. The third kappa shape index (κ3) is 9.07. The van der Waals surface area contributed by atoms with E-state index in [-0.39, 0.29) is 56.1 Å². The lowest BCUT2D eigenvalue weighted by molar-refractivity contribution is -0.135. The average Bonchev–Trinajstić information content (AvgIpc) is 3.37. The van der Waals surface area contributed by atoms with Crippen molar-refractivity contribution in [1.29, 1.82) is 0 Å². The zero-order chi connectivity index (χ0) is 43.4. The maximum absolute atomic E-state index is 15.4. The molecule has 7 rings (SSSR count). The van der Waals surface area contributed by atoms with Gasteiger partial charge < -0.3 is 39.5 Å². The Balaban J connectivity index is 1.25. The second-order valence-electron chi connectivity index (χ2n) is 18.5. The number of nitrogens with zero attached hydrogens (tertiary/aromatic N) is 4. The number of amides is 4. The van der Waals surface area contributed by atoms with E-state index in [2.05, 4.69) is 15.6 Å². The number of carbonyl (C=O) groups excluding carboxylic acids is 4. The normalized spacial score (nSPS) is 22.5. The molecule has 4 aromatic rings. The molecule has 2 aromatic heterocycles. The monoisotopic (exact) mass is 835 g/mol. The van der Waals surface area contributed by atoms with E-state index in [0.29, 0.717) is 52.0 Å². The first-order valence-corrected chi connectivity index (χ1v) is 20.9. The fourth-order valence-corrected chi connectivity index (χ4v) is 8.89. The van der Waals surface area contributed by atoms with Crippen LogP contribution >= 0.6 is 0 Å². The minimum absolute atomic E-state index is 0.0295. The number of likely N-dealkylation sites (tertiary alicyclic amines) is 2. The van der Waals surface area contributed by atoms with E-state index in [1.807, 2.05) is 16.4 Å². The van der Waals surface area contributed by atoms with E-state index < -0.39 is 65.2 Å². The van der Waals surface area contributed by atoms with Crippen molar-refractivity contribution in [2.45, 2.75) is 136 Å². The number of aromatic nitrogens is 3. The Bertz CT molecular complexity index is 2300. The van der Waals surface area contributed by atoms with Gasteiger partial charge in [0.05, 0.1) is 29.3 Å². The van der Waals surface area contributed by atoms with Gasteiger partial charge in [-0.15, -0.1) is 0 Å². The summed E-state index contributed by atoms with van der Waals surface area (Å²) in [4.78, 5) is 65.3. The summed E-state index contributed by atoms with van der Waals surface area (Å²) >= 11 is 0. The fourth-order valence-electron chi connectivity index (χ4n) is 8.89. The molecule has 0 bridgehead atoms. The molecule has 3 fully saturated rings. The van der Waals surface area contributed by atoms with E-state index in [1.165, 1.54) is 29.2 Å². The lowest BCUT2D eigenvalue weighted by Crippen LogP contribution is -2.52. The van der Waals surface area contributed by atoms with Crippen LogP contribution in [0.1, 0.15) is 86.6 Å². The van der Waals surface area contributed by atoms with Gasteiger partial charge in [0.25, 0.3) is 0 Å². The van der Waals surface area contributed by atoms with E-state index in [9.17, 15) is 28.0 Å². The zero-order valence-corrected chi connectivity index (χ0v) is 35.5. The predicted molar refractivity (Wildman–Crippen MR) is 220 cm³/mol. The van der Waals surface area contributed by atoms with Gasteiger partial charge >= 0.3 is 12.2 Å². The number of ether oxygens (including phenoxy) is 2. The third-order valence-electron chi connectivity index (χ3n) is 11.6. The molecule has 1 saturated carbocycles. The van der Waals surface area contributed by atoms with Crippen molar-refractivity contribution in [1.82, 2.24) is 35.0 Å². The van der Waals surface area contributed by atoms with Gasteiger partial charge in [-0.2, -0.15) is 0 Å². The summed E-state index contributed by atoms with van der Waals surface area (Å²) in [6, 6.07) is 5.94. The predicted octanol–water partition coefficient (Wildman–Crippen LogP) is 7.40. The molecule has 2 saturated heterocycles. The zero-order valence-electron chi connectivity index (χ0n) is 35.5. The van der Waals surface area contributed by atoms with Crippen LogP contribution in [-0.2, 0) is 32.0 Å². The van der Waals surface area contributed by atoms with Crippen molar-refractivity contribution in [2.24, 2.45) is 11.8 Å². The van der Waals surface area contributed by atoms with Crippen LogP contribution in [0.2, 0.25) is 0 Å². The maximum atomic E-state index is 15.4. The van der Waals surface area contributed by atoms with E-state index >= 15 is 4.39 Å². The summed E-state index contributed by atoms with van der Waals surface area (Å²) in [5.41, 5.74) is 1.04. The van der Waals surface area contributed by atoms with Crippen LogP contribution in [0.4, 0.5) is 22.8 Å². The fraction of sp³-hybridized carbons (Fsp3) is 0.568. The number of rotatable bonds is 11. The van der Waals surface area contributed by atoms with E-state index in [0.717, 1.165) is 6.42 Å². The molecular formula is C44H56F3N7O6. The third-order valence-corrected chi connectivity index (χ3v) is 11.6. The van der Waals surface area contributed by atoms with Crippen LogP contribution in [0, 0.1) is 23.5 Å². The number of H-pyrrole nitrogens is 1.